The molecule has 0 aliphatic carbocycles. The van der Waals surface area contributed by atoms with Gasteiger partial charge in [-0.25, -0.2) is 12.8 Å². The average molecular weight is 423 g/mol. The van der Waals surface area contributed by atoms with Crippen LogP contribution in [-0.2, 0) is 21.1 Å². The van der Waals surface area contributed by atoms with Crippen molar-refractivity contribution in [1.82, 2.24) is 4.57 Å². The molecule has 0 saturated carbocycles. The highest BCUT2D eigenvalue weighted by atomic mass is 32.2. The van der Waals surface area contributed by atoms with Crippen LogP contribution in [0.25, 0.3) is 10.2 Å². The van der Waals surface area contributed by atoms with Crippen LogP contribution >= 0.6 is 11.3 Å². The van der Waals surface area contributed by atoms with E-state index in [4.69, 9.17) is 4.74 Å². The zero-order chi connectivity index (χ0) is 20.3. The van der Waals surface area contributed by atoms with Crippen molar-refractivity contribution in [3.63, 3.8) is 0 Å². The maximum absolute atomic E-state index is 14.3. The first-order chi connectivity index (χ1) is 13.3. The summed E-state index contributed by atoms with van der Waals surface area (Å²) in [5, 5.41) is 0. The molecule has 3 rings (SSSR count). The molecule has 0 unspecified atom stereocenters. The molecule has 2 aromatic carbocycles. The van der Waals surface area contributed by atoms with E-state index in [-0.39, 0.29) is 10.5 Å². The van der Waals surface area contributed by atoms with Gasteiger partial charge in [0, 0.05) is 25.0 Å². The molecule has 1 amide bonds. The second kappa shape index (κ2) is 8.34. The Morgan fingerprint density at radius 1 is 1.21 bits per heavy atom. The molecule has 3 aromatic rings. The molecule has 0 bridgehead atoms. The van der Waals surface area contributed by atoms with Crippen molar-refractivity contribution in [3.05, 3.63) is 58.6 Å². The van der Waals surface area contributed by atoms with Crippen molar-refractivity contribution in [1.29, 1.82) is 0 Å². The fraction of sp³-hybridized carbons (Fsp3) is 0.263. The summed E-state index contributed by atoms with van der Waals surface area (Å²) in [7, 11) is -3.35. The van der Waals surface area contributed by atoms with Crippen molar-refractivity contribution in [2.45, 2.75) is 18.4 Å². The number of carbonyl (C=O) groups excluding carboxylic acids is 1. The Morgan fingerprint density at radius 2 is 1.93 bits per heavy atom. The Hall–Kier alpha value is -2.36. The molecule has 0 N–H and O–H groups in total. The summed E-state index contributed by atoms with van der Waals surface area (Å²) in [5.74, 6) is -0.922. The summed E-state index contributed by atoms with van der Waals surface area (Å²) < 4.78 is 45.1. The summed E-state index contributed by atoms with van der Waals surface area (Å²) in [5.41, 5.74) is 0.632. The summed E-state index contributed by atoms with van der Waals surface area (Å²) in [6, 6.07) is 10.3. The molecule has 0 spiro atoms. The number of halogens is 1. The number of fused-ring (bicyclic) bond motifs is 1. The Kier molecular flexibility index (Phi) is 6.07. The van der Waals surface area contributed by atoms with Crippen molar-refractivity contribution in [2.75, 3.05) is 19.5 Å². The fourth-order valence-corrected chi connectivity index (χ4v) is 4.38. The molecular weight excluding hydrogens is 403 g/mol. The van der Waals surface area contributed by atoms with Crippen molar-refractivity contribution in [2.24, 2.45) is 4.99 Å². The topological polar surface area (TPSA) is 77.7 Å². The molecule has 1 heterocycles. The molecule has 9 heteroatoms. The van der Waals surface area contributed by atoms with E-state index in [1.807, 2.05) is 6.92 Å². The van der Waals surface area contributed by atoms with Crippen LogP contribution in [0.4, 0.5) is 4.39 Å². The minimum Gasteiger partial charge on any atom is -0.380 e. The Morgan fingerprint density at radius 3 is 2.57 bits per heavy atom. The lowest BCUT2D eigenvalue weighted by Crippen LogP contribution is -2.20. The SMILES string of the molecule is CCOCCn1c(=NC(=O)c2ccc(S(C)(=O)=O)cc2)sc2cccc(F)c21. The van der Waals surface area contributed by atoms with Gasteiger partial charge in [-0.15, -0.1) is 0 Å². The first-order valence-electron chi connectivity index (χ1n) is 8.56. The monoisotopic (exact) mass is 422 g/mol. The van der Waals surface area contributed by atoms with Crippen molar-refractivity contribution in [3.8, 4) is 0 Å². The van der Waals surface area contributed by atoms with Crippen LogP contribution < -0.4 is 4.80 Å². The highest BCUT2D eigenvalue weighted by Gasteiger charge is 2.13. The minimum absolute atomic E-state index is 0.125. The highest BCUT2D eigenvalue weighted by molar-refractivity contribution is 7.90. The lowest BCUT2D eigenvalue weighted by atomic mass is 10.2. The number of nitrogens with zero attached hydrogens (tertiary/aromatic N) is 2. The van der Waals surface area contributed by atoms with Crippen LogP contribution in [0, 0.1) is 5.82 Å². The van der Waals surface area contributed by atoms with E-state index < -0.39 is 21.6 Å². The number of hydrogen-bond donors (Lipinski definition) is 0. The number of thiazole rings is 1. The second-order valence-electron chi connectivity index (χ2n) is 6.03. The number of amides is 1. The molecule has 1 aromatic heterocycles. The molecular formula is C19H19FN2O4S2. The zero-order valence-corrected chi connectivity index (χ0v) is 17.0. The summed E-state index contributed by atoms with van der Waals surface area (Å²) >= 11 is 1.21. The predicted octanol–water partition coefficient (Wildman–Crippen LogP) is 3.02. The number of carbonyl (C=O) groups is 1. The summed E-state index contributed by atoms with van der Waals surface area (Å²) in [6.45, 7) is 3.12. The first kappa shape index (κ1) is 20.4. The van der Waals surface area contributed by atoms with Crippen LogP contribution in [0.2, 0.25) is 0 Å². The van der Waals surface area contributed by atoms with Gasteiger partial charge in [0.25, 0.3) is 5.91 Å². The van der Waals surface area contributed by atoms with Crippen LogP contribution in [0.3, 0.4) is 0 Å². The maximum atomic E-state index is 14.3. The van der Waals surface area contributed by atoms with Crippen LogP contribution in [0.1, 0.15) is 17.3 Å². The molecule has 6 nitrogen and oxygen atoms in total. The average Bonchev–Trinajstić information content (AvgIpc) is 3.00. The third-order valence-corrected chi connectivity index (χ3v) is 6.21. The van der Waals surface area contributed by atoms with Crippen LogP contribution in [-0.4, -0.2) is 38.4 Å². The zero-order valence-electron chi connectivity index (χ0n) is 15.4. The van der Waals surface area contributed by atoms with Gasteiger partial charge in [-0.1, -0.05) is 17.4 Å². The van der Waals surface area contributed by atoms with Gasteiger partial charge in [-0.3, -0.25) is 4.79 Å². The van der Waals surface area contributed by atoms with E-state index in [0.29, 0.717) is 34.8 Å². The number of benzene rings is 2. The Labute approximate surface area is 165 Å². The lowest BCUT2D eigenvalue weighted by Gasteiger charge is -2.06. The highest BCUT2D eigenvalue weighted by Crippen LogP contribution is 2.20. The molecule has 0 aliphatic rings. The van der Waals surface area contributed by atoms with Crippen molar-refractivity contribution >= 4 is 37.3 Å². The van der Waals surface area contributed by atoms with Crippen LogP contribution in [0.5, 0.6) is 0 Å². The summed E-state index contributed by atoms with van der Waals surface area (Å²) in [6.07, 6.45) is 1.10. The molecule has 148 valence electrons. The van der Waals surface area contributed by atoms with Gasteiger partial charge in [0.15, 0.2) is 14.6 Å². The van der Waals surface area contributed by atoms with E-state index in [0.717, 1.165) is 6.26 Å². The minimum atomic E-state index is -3.35. The van der Waals surface area contributed by atoms with E-state index in [9.17, 15) is 17.6 Å². The van der Waals surface area contributed by atoms with Gasteiger partial charge in [0.1, 0.15) is 5.82 Å². The van der Waals surface area contributed by atoms with Crippen LogP contribution in [0.15, 0.2) is 52.4 Å². The molecule has 0 atom stereocenters. The fourth-order valence-electron chi connectivity index (χ4n) is 2.68. The standard InChI is InChI=1S/C19H19FN2O4S2/c1-3-26-12-11-22-17-15(20)5-4-6-16(17)27-19(22)21-18(23)13-7-9-14(10-8-13)28(2,24)25/h4-10H,3,11-12H2,1-2H3. The first-order valence-corrected chi connectivity index (χ1v) is 11.3. The number of sulfone groups is 1. The van der Waals surface area contributed by atoms with Gasteiger partial charge < -0.3 is 9.30 Å². The van der Waals surface area contributed by atoms with Crippen molar-refractivity contribution < 1.29 is 22.3 Å². The number of para-hydroxylation sites is 1. The number of hydrogen-bond acceptors (Lipinski definition) is 5. The van der Waals surface area contributed by atoms with E-state index >= 15 is 0 Å². The lowest BCUT2D eigenvalue weighted by molar-refractivity contribution is 0.0996. The molecule has 0 radical (unpaired) electrons. The normalized spacial score (nSPS) is 12.6. The van der Waals surface area contributed by atoms with Gasteiger partial charge >= 0.3 is 0 Å². The van der Waals surface area contributed by atoms with E-state index in [1.165, 1.54) is 41.7 Å². The quantitative estimate of drug-likeness (QED) is 0.572. The van der Waals surface area contributed by atoms with Gasteiger partial charge in [-0.2, -0.15) is 4.99 Å². The van der Waals surface area contributed by atoms with Gasteiger partial charge in [0.05, 0.1) is 21.7 Å². The Balaban J connectivity index is 2.04. The molecule has 28 heavy (non-hydrogen) atoms. The molecule has 0 aliphatic heterocycles. The predicted molar refractivity (Wildman–Crippen MR) is 106 cm³/mol. The summed E-state index contributed by atoms with van der Waals surface area (Å²) in [4.78, 5) is 17.2. The third kappa shape index (κ3) is 4.37. The largest absolute Gasteiger partial charge is 0.380 e. The smallest absolute Gasteiger partial charge is 0.279 e. The number of rotatable bonds is 6. The third-order valence-electron chi connectivity index (χ3n) is 4.04. The number of ether oxygens (including phenoxy) is 1. The van der Waals surface area contributed by atoms with E-state index in [1.54, 1.807) is 16.7 Å². The number of aromatic nitrogens is 1. The van der Waals surface area contributed by atoms with E-state index in [2.05, 4.69) is 4.99 Å². The van der Waals surface area contributed by atoms with Gasteiger partial charge in [0.2, 0.25) is 0 Å². The molecule has 0 saturated heterocycles. The van der Waals surface area contributed by atoms with Gasteiger partial charge in [-0.05, 0) is 43.3 Å². The second-order valence-corrected chi connectivity index (χ2v) is 9.06. The molecule has 0 fully saturated rings. The Bertz CT molecular complexity index is 1180. The maximum Gasteiger partial charge on any atom is 0.279 e.